The first-order valence-electron chi connectivity index (χ1n) is 9.50. The third-order valence-electron chi connectivity index (χ3n) is 4.33. The summed E-state index contributed by atoms with van der Waals surface area (Å²) < 4.78 is 2.03. The van der Waals surface area contributed by atoms with Crippen LogP contribution >= 0.6 is 58.3 Å². The van der Waals surface area contributed by atoms with Gasteiger partial charge in [0.05, 0.1) is 27.2 Å². The summed E-state index contributed by atoms with van der Waals surface area (Å²) in [6.45, 7) is 4.85. The summed E-state index contributed by atoms with van der Waals surface area (Å²) in [6, 6.07) is 11.6. The van der Waals surface area contributed by atoms with Gasteiger partial charge in [0.15, 0.2) is 5.16 Å². The molecule has 1 N–H and O–H groups in total. The first kappa shape index (κ1) is 24.3. The third-order valence-corrected chi connectivity index (χ3v) is 7.11. The van der Waals surface area contributed by atoms with Gasteiger partial charge in [0, 0.05) is 17.3 Å². The molecule has 0 radical (unpaired) electrons. The van der Waals surface area contributed by atoms with Crippen molar-refractivity contribution in [1.29, 1.82) is 0 Å². The van der Waals surface area contributed by atoms with E-state index in [-0.39, 0.29) is 11.7 Å². The maximum Gasteiger partial charge on any atom is 0.234 e. The fourth-order valence-electron chi connectivity index (χ4n) is 2.76. The van der Waals surface area contributed by atoms with Crippen LogP contribution in [0.2, 0.25) is 15.1 Å². The Bertz CT molecular complexity index is 1030. The van der Waals surface area contributed by atoms with Crippen LogP contribution in [0.25, 0.3) is 0 Å². The lowest BCUT2D eigenvalue weighted by molar-refractivity contribution is -0.113. The smallest absolute Gasteiger partial charge is 0.234 e. The Morgan fingerprint density at radius 3 is 2.39 bits per heavy atom. The number of rotatable bonds is 9. The van der Waals surface area contributed by atoms with Crippen LogP contribution in [0.5, 0.6) is 0 Å². The molecule has 31 heavy (non-hydrogen) atoms. The number of thioether (sulfide) groups is 2. The molecular formula is C21H21Cl3N4OS2. The van der Waals surface area contributed by atoms with Crippen LogP contribution in [-0.2, 0) is 22.8 Å². The molecule has 0 saturated carbocycles. The van der Waals surface area contributed by atoms with Crippen molar-refractivity contribution in [2.45, 2.75) is 37.1 Å². The highest BCUT2D eigenvalue weighted by Crippen LogP contribution is 2.34. The summed E-state index contributed by atoms with van der Waals surface area (Å²) in [5.74, 6) is 2.47. The summed E-state index contributed by atoms with van der Waals surface area (Å²) in [4.78, 5) is 12.4. The summed E-state index contributed by atoms with van der Waals surface area (Å²) in [6.07, 6.45) is 0. The number of anilines is 1. The lowest BCUT2D eigenvalue weighted by Crippen LogP contribution is -2.15. The zero-order chi connectivity index (χ0) is 22.4. The van der Waals surface area contributed by atoms with Crippen molar-refractivity contribution in [3.63, 3.8) is 0 Å². The number of amides is 1. The van der Waals surface area contributed by atoms with E-state index in [1.54, 1.807) is 11.8 Å². The van der Waals surface area contributed by atoms with E-state index in [1.165, 1.54) is 35.0 Å². The number of aromatic nitrogens is 3. The SMILES string of the molecule is CCn1c(CSCc2ccc(C)cc2)nnc1SCC(=O)Nc1c(Cl)cc(Cl)cc1Cl. The lowest BCUT2D eigenvalue weighted by Gasteiger charge is -2.10. The molecule has 0 aliphatic heterocycles. The molecule has 0 bridgehead atoms. The van der Waals surface area contributed by atoms with E-state index in [0.29, 0.717) is 25.9 Å². The second kappa shape index (κ2) is 11.5. The van der Waals surface area contributed by atoms with Gasteiger partial charge in [-0.2, -0.15) is 0 Å². The van der Waals surface area contributed by atoms with Gasteiger partial charge in [-0.05, 0) is 31.5 Å². The van der Waals surface area contributed by atoms with Crippen LogP contribution in [0.1, 0.15) is 23.9 Å². The predicted octanol–water partition coefficient (Wildman–Crippen LogP) is 6.73. The molecule has 3 aromatic rings. The number of nitrogens with one attached hydrogen (secondary N) is 1. The molecule has 0 spiro atoms. The quantitative estimate of drug-likeness (QED) is 0.320. The number of halogens is 3. The van der Waals surface area contributed by atoms with Crippen molar-refractivity contribution in [3.8, 4) is 0 Å². The van der Waals surface area contributed by atoms with Crippen molar-refractivity contribution in [2.75, 3.05) is 11.1 Å². The average Bonchev–Trinajstić information content (AvgIpc) is 3.12. The Balaban J connectivity index is 1.55. The molecular weight excluding hydrogens is 495 g/mol. The number of carbonyl (C=O) groups excluding carboxylic acids is 1. The molecule has 0 fully saturated rings. The van der Waals surface area contributed by atoms with Gasteiger partial charge < -0.3 is 9.88 Å². The summed E-state index contributed by atoms with van der Waals surface area (Å²) in [5.41, 5.74) is 2.89. The van der Waals surface area contributed by atoms with Gasteiger partial charge >= 0.3 is 0 Å². The Kier molecular flexibility index (Phi) is 8.98. The monoisotopic (exact) mass is 514 g/mol. The summed E-state index contributed by atoms with van der Waals surface area (Å²) >= 11 is 21.3. The Hall–Kier alpha value is -1.38. The molecule has 5 nitrogen and oxygen atoms in total. The van der Waals surface area contributed by atoms with Crippen molar-refractivity contribution in [1.82, 2.24) is 14.8 Å². The summed E-state index contributed by atoms with van der Waals surface area (Å²) in [7, 11) is 0. The van der Waals surface area contributed by atoms with Gasteiger partial charge in [-0.15, -0.1) is 22.0 Å². The lowest BCUT2D eigenvalue weighted by atomic mass is 10.2. The van der Waals surface area contributed by atoms with Crippen LogP contribution in [0, 0.1) is 6.92 Å². The minimum atomic E-state index is -0.239. The molecule has 164 valence electrons. The molecule has 0 aliphatic carbocycles. The minimum Gasteiger partial charge on any atom is -0.323 e. The van der Waals surface area contributed by atoms with Crippen LogP contribution in [0.15, 0.2) is 41.6 Å². The second-order valence-corrected chi connectivity index (χ2v) is 9.88. The minimum absolute atomic E-state index is 0.157. The van der Waals surface area contributed by atoms with Crippen molar-refractivity contribution < 1.29 is 4.79 Å². The van der Waals surface area contributed by atoms with Gasteiger partial charge in [-0.25, -0.2) is 0 Å². The molecule has 2 aromatic carbocycles. The van der Waals surface area contributed by atoms with Gasteiger partial charge in [0.25, 0.3) is 0 Å². The molecule has 1 heterocycles. The van der Waals surface area contributed by atoms with E-state index >= 15 is 0 Å². The Morgan fingerprint density at radius 1 is 1.06 bits per heavy atom. The third kappa shape index (κ3) is 6.80. The van der Waals surface area contributed by atoms with Crippen molar-refractivity contribution in [2.24, 2.45) is 0 Å². The molecule has 0 aliphatic rings. The van der Waals surface area contributed by atoms with Gasteiger partial charge in [-0.3, -0.25) is 4.79 Å². The van der Waals surface area contributed by atoms with E-state index in [9.17, 15) is 4.79 Å². The maximum atomic E-state index is 12.4. The van der Waals surface area contributed by atoms with Gasteiger partial charge in [0.1, 0.15) is 5.82 Å². The molecule has 10 heteroatoms. The van der Waals surface area contributed by atoms with Crippen molar-refractivity contribution >= 4 is 69.9 Å². The predicted molar refractivity (Wildman–Crippen MR) is 133 cm³/mol. The molecule has 0 unspecified atom stereocenters. The van der Waals surface area contributed by atoms with Gasteiger partial charge in [0.2, 0.25) is 5.91 Å². The van der Waals surface area contributed by atoms with E-state index in [4.69, 9.17) is 34.8 Å². The summed E-state index contributed by atoms with van der Waals surface area (Å²) in [5, 5.41) is 13.0. The van der Waals surface area contributed by atoms with Crippen LogP contribution in [0.4, 0.5) is 5.69 Å². The number of benzene rings is 2. The topological polar surface area (TPSA) is 59.8 Å². The highest BCUT2D eigenvalue weighted by atomic mass is 35.5. The molecule has 3 rings (SSSR count). The Morgan fingerprint density at radius 2 is 1.74 bits per heavy atom. The Labute approximate surface area is 205 Å². The number of hydrogen-bond donors (Lipinski definition) is 1. The largest absolute Gasteiger partial charge is 0.323 e. The number of nitrogens with zero attached hydrogens (tertiary/aromatic N) is 3. The standard InChI is InChI=1S/C21H21Cl3N4OS2/c1-3-28-18(11-30-10-14-6-4-13(2)5-7-14)26-27-21(28)31-12-19(29)25-20-16(23)8-15(22)9-17(20)24/h4-9H,3,10-12H2,1-2H3,(H,25,29). The molecule has 0 saturated heterocycles. The first-order valence-corrected chi connectivity index (χ1v) is 12.8. The highest BCUT2D eigenvalue weighted by molar-refractivity contribution is 7.99. The first-order chi connectivity index (χ1) is 14.9. The normalized spacial score (nSPS) is 11.0. The fraction of sp³-hybridized carbons (Fsp3) is 0.286. The van der Waals surface area contributed by atoms with Crippen LogP contribution in [0.3, 0.4) is 0 Å². The highest BCUT2D eigenvalue weighted by Gasteiger charge is 2.15. The van der Waals surface area contributed by atoms with Gasteiger partial charge in [-0.1, -0.05) is 76.4 Å². The maximum absolute atomic E-state index is 12.4. The number of hydrogen-bond acceptors (Lipinski definition) is 5. The second-order valence-electron chi connectivity index (χ2n) is 6.70. The number of aryl methyl sites for hydroxylation is 1. The zero-order valence-corrected chi connectivity index (χ0v) is 20.9. The van der Waals surface area contributed by atoms with E-state index in [0.717, 1.165) is 23.9 Å². The van der Waals surface area contributed by atoms with E-state index in [1.807, 2.05) is 11.5 Å². The molecule has 0 atom stereocenters. The fourth-order valence-corrected chi connectivity index (χ4v) is 5.42. The molecule has 1 aromatic heterocycles. The molecule has 1 amide bonds. The van der Waals surface area contributed by atoms with Crippen LogP contribution < -0.4 is 5.32 Å². The average molecular weight is 516 g/mol. The van der Waals surface area contributed by atoms with Crippen LogP contribution in [-0.4, -0.2) is 26.4 Å². The van der Waals surface area contributed by atoms with Crippen molar-refractivity contribution in [3.05, 3.63) is 68.4 Å². The van der Waals surface area contributed by atoms with E-state index < -0.39 is 0 Å². The van der Waals surface area contributed by atoms with E-state index in [2.05, 4.69) is 46.7 Å². The number of carbonyl (C=O) groups is 1. The zero-order valence-electron chi connectivity index (χ0n) is 17.0.